The van der Waals surface area contributed by atoms with E-state index in [4.69, 9.17) is 0 Å². The molecule has 1 fully saturated rings. The van der Waals surface area contributed by atoms with Crippen LogP contribution in [0.3, 0.4) is 0 Å². The number of thiophene rings is 1. The van der Waals surface area contributed by atoms with Crippen LogP contribution in [0.5, 0.6) is 0 Å². The lowest BCUT2D eigenvalue weighted by Gasteiger charge is -2.03. The maximum absolute atomic E-state index is 12.1. The lowest BCUT2D eigenvalue weighted by molar-refractivity contribution is 0.578. The normalized spacial score (nSPS) is 23.9. The molecule has 2 rings (SSSR count). The molecule has 1 aromatic heterocycles. The highest BCUT2D eigenvalue weighted by Crippen LogP contribution is 2.35. The van der Waals surface area contributed by atoms with E-state index in [-0.39, 0.29) is 6.04 Å². The second kappa shape index (κ2) is 4.97. The first-order valence-corrected chi connectivity index (χ1v) is 8.48. The molecule has 1 heterocycles. The number of sulfonamides is 1. The molecular formula is C10H15BrN2O2S2. The summed E-state index contributed by atoms with van der Waals surface area (Å²) in [5.41, 5.74) is 0. The molecule has 1 aliphatic carbocycles. The van der Waals surface area contributed by atoms with Gasteiger partial charge in [0.1, 0.15) is 4.90 Å². The molecule has 0 spiro atoms. The fourth-order valence-corrected chi connectivity index (χ4v) is 5.64. The number of rotatable bonds is 5. The van der Waals surface area contributed by atoms with E-state index in [9.17, 15) is 8.42 Å². The van der Waals surface area contributed by atoms with Crippen molar-refractivity contribution in [1.29, 1.82) is 0 Å². The van der Waals surface area contributed by atoms with Gasteiger partial charge in [-0.2, -0.15) is 0 Å². The van der Waals surface area contributed by atoms with Crippen molar-refractivity contribution in [2.75, 3.05) is 7.05 Å². The molecule has 2 unspecified atom stereocenters. The highest BCUT2D eigenvalue weighted by Gasteiger charge is 2.37. The van der Waals surface area contributed by atoms with Gasteiger partial charge in [-0.25, -0.2) is 13.1 Å². The van der Waals surface area contributed by atoms with E-state index in [0.717, 1.165) is 11.3 Å². The highest BCUT2D eigenvalue weighted by atomic mass is 79.9. The molecule has 0 bridgehead atoms. The van der Waals surface area contributed by atoms with Crippen LogP contribution in [0.15, 0.2) is 14.7 Å². The van der Waals surface area contributed by atoms with Crippen LogP contribution in [0.25, 0.3) is 0 Å². The van der Waals surface area contributed by atoms with E-state index in [2.05, 4.69) is 26.0 Å². The van der Waals surface area contributed by atoms with E-state index in [1.165, 1.54) is 11.3 Å². The molecule has 1 saturated carbocycles. The number of nitrogens with one attached hydrogen (secondary N) is 2. The minimum atomic E-state index is -3.37. The van der Waals surface area contributed by atoms with E-state index in [0.29, 0.717) is 21.1 Å². The van der Waals surface area contributed by atoms with E-state index in [1.807, 2.05) is 14.0 Å². The largest absolute Gasteiger partial charge is 0.315 e. The van der Waals surface area contributed by atoms with Crippen molar-refractivity contribution in [3.8, 4) is 0 Å². The van der Waals surface area contributed by atoms with Gasteiger partial charge in [0.2, 0.25) is 10.0 Å². The summed E-state index contributed by atoms with van der Waals surface area (Å²) in [6, 6.07) is 1.83. The lowest BCUT2D eigenvalue weighted by atomic mass is 10.5. The van der Waals surface area contributed by atoms with Crippen LogP contribution in [-0.4, -0.2) is 21.5 Å². The molecule has 96 valence electrons. The zero-order valence-corrected chi connectivity index (χ0v) is 12.9. The second-order valence-electron chi connectivity index (χ2n) is 4.32. The van der Waals surface area contributed by atoms with Crippen LogP contribution in [0.4, 0.5) is 0 Å². The van der Waals surface area contributed by atoms with E-state index in [1.54, 1.807) is 6.07 Å². The molecule has 1 aromatic rings. The summed E-state index contributed by atoms with van der Waals surface area (Å²) < 4.78 is 27.6. The molecule has 17 heavy (non-hydrogen) atoms. The predicted molar refractivity (Wildman–Crippen MR) is 72.7 cm³/mol. The Labute approximate surface area is 114 Å². The summed E-state index contributed by atoms with van der Waals surface area (Å²) >= 11 is 4.77. The summed E-state index contributed by atoms with van der Waals surface area (Å²) in [5.74, 6) is 0.457. The van der Waals surface area contributed by atoms with Crippen molar-refractivity contribution in [3.05, 3.63) is 14.7 Å². The average Bonchev–Trinajstić information content (AvgIpc) is 2.74. The van der Waals surface area contributed by atoms with Gasteiger partial charge in [0.25, 0.3) is 0 Å². The first-order valence-electron chi connectivity index (χ1n) is 5.39. The highest BCUT2D eigenvalue weighted by molar-refractivity contribution is 9.11. The third-order valence-corrected chi connectivity index (χ3v) is 6.51. The summed E-state index contributed by atoms with van der Waals surface area (Å²) in [4.78, 5) is 1.36. The Morgan fingerprint density at radius 2 is 2.24 bits per heavy atom. The Hall–Kier alpha value is 0.0500. The minimum Gasteiger partial charge on any atom is -0.315 e. The van der Waals surface area contributed by atoms with Gasteiger partial charge < -0.3 is 5.32 Å². The molecule has 0 amide bonds. The van der Waals surface area contributed by atoms with Crippen LogP contribution >= 0.6 is 27.3 Å². The topological polar surface area (TPSA) is 58.2 Å². The third kappa shape index (κ3) is 3.08. The van der Waals surface area contributed by atoms with Gasteiger partial charge in [0.15, 0.2) is 0 Å². The molecule has 4 nitrogen and oxygen atoms in total. The quantitative estimate of drug-likeness (QED) is 0.862. The number of halogens is 1. The second-order valence-corrected chi connectivity index (χ2v) is 8.46. The first-order chi connectivity index (χ1) is 7.94. The van der Waals surface area contributed by atoms with Gasteiger partial charge in [-0.1, -0.05) is 6.92 Å². The summed E-state index contributed by atoms with van der Waals surface area (Å²) in [6.07, 6.45) is 0.935. The van der Waals surface area contributed by atoms with Crippen molar-refractivity contribution in [1.82, 2.24) is 10.0 Å². The lowest BCUT2D eigenvalue weighted by Crippen LogP contribution is -2.26. The minimum absolute atomic E-state index is 0.111. The van der Waals surface area contributed by atoms with Crippen LogP contribution in [0.2, 0.25) is 0 Å². The summed E-state index contributed by atoms with van der Waals surface area (Å²) in [5, 5.41) is 3.01. The zero-order chi connectivity index (χ0) is 12.6. The number of hydrogen-bond donors (Lipinski definition) is 2. The van der Waals surface area contributed by atoms with Crippen molar-refractivity contribution in [2.24, 2.45) is 5.92 Å². The Balaban J connectivity index is 2.20. The van der Waals surface area contributed by atoms with Crippen molar-refractivity contribution >= 4 is 37.3 Å². The first kappa shape index (κ1) is 13.5. The fourth-order valence-electron chi connectivity index (χ4n) is 1.59. The van der Waals surface area contributed by atoms with E-state index < -0.39 is 10.0 Å². The van der Waals surface area contributed by atoms with Crippen molar-refractivity contribution in [3.63, 3.8) is 0 Å². The summed E-state index contributed by atoms with van der Waals surface area (Å²) in [7, 11) is -1.53. The maximum Gasteiger partial charge on any atom is 0.242 e. The molecular weight excluding hydrogens is 324 g/mol. The molecule has 2 atom stereocenters. The van der Waals surface area contributed by atoms with Crippen molar-refractivity contribution in [2.45, 2.75) is 30.8 Å². The van der Waals surface area contributed by atoms with E-state index >= 15 is 0 Å². The van der Waals surface area contributed by atoms with Crippen molar-refractivity contribution < 1.29 is 8.42 Å². The Morgan fingerprint density at radius 1 is 1.59 bits per heavy atom. The van der Waals surface area contributed by atoms with Crippen LogP contribution in [-0.2, 0) is 16.6 Å². The van der Waals surface area contributed by atoms with Gasteiger partial charge in [0.05, 0.1) is 3.79 Å². The smallest absolute Gasteiger partial charge is 0.242 e. The van der Waals surface area contributed by atoms with Gasteiger partial charge in [-0.05, 0) is 41.4 Å². The molecule has 0 aromatic carbocycles. The van der Waals surface area contributed by atoms with Crippen LogP contribution in [0, 0.1) is 5.92 Å². The zero-order valence-electron chi connectivity index (χ0n) is 9.66. The molecule has 0 saturated heterocycles. The predicted octanol–water partition coefficient (Wildman–Crippen LogP) is 1.92. The van der Waals surface area contributed by atoms with Gasteiger partial charge in [0, 0.05) is 17.5 Å². The Bertz CT molecular complexity index is 512. The standard InChI is InChI=1S/C10H15BrN2O2S2/c1-6-3-8(6)13-17(14,15)9-4-7(5-12-2)16-10(9)11/h4,6,8,12-13H,3,5H2,1-2H3. The van der Waals surface area contributed by atoms with Gasteiger partial charge in [-0.3, -0.25) is 0 Å². The Kier molecular flexibility index (Phi) is 3.94. The van der Waals surface area contributed by atoms with Gasteiger partial charge in [-0.15, -0.1) is 11.3 Å². The molecule has 2 N–H and O–H groups in total. The third-order valence-electron chi connectivity index (χ3n) is 2.76. The molecule has 7 heteroatoms. The molecule has 0 radical (unpaired) electrons. The van der Waals surface area contributed by atoms with Crippen LogP contribution in [0.1, 0.15) is 18.2 Å². The summed E-state index contributed by atoms with van der Waals surface area (Å²) in [6.45, 7) is 2.72. The fraction of sp³-hybridized carbons (Fsp3) is 0.600. The maximum atomic E-state index is 12.1. The Morgan fingerprint density at radius 3 is 2.76 bits per heavy atom. The number of hydrogen-bond acceptors (Lipinski definition) is 4. The average molecular weight is 339 g/mol. The van der Waals surface area contributed by atoms with Crippen LogP contribution < -0.4 is 10.0 Å². The van der Waals surface area contributed by atoms with Gasteiger partial charge >= 0.3 is 0 Å². The molecule has 1 aliphatic rings. The molecule has 0 aliphatic heterocycles. The monoisotopic (exact) mass is 338 g/mol. The SMILES string of the molecule is CNCc1cc(S(=O)(=O)NC2CC2C)c(Br)s1.